The first-order chi connectivity index (χ1) is 9.12. The minimum Gasteiger partial charge on any atom is -0.496 e. The van der Waals surface area contributed by atoms with Crippen molar-refractivity contribution < 1.29 is 19.0 Å². The number of hydrogen-bond donors (Lipinski definition) is 0. The molecule has 1 aliphatic heterocycles. The fourth-order valence-electron chi connectivity index (χ4n) is 2.51. The summed E-state index contributed by atoms with van der Waals surface area (Å²) in [6, 6.07) is 3.67. The zero-order valence-electron chi connectivity index (χ0n) is 11.4. The van der Waals surface area contributed by atoms with Gasteiger partial charge in [-0.2, -0.15) is 0 Å². The summed E-state index contributed by atoms with van der Waals surface area (Å²) in [5.74, 6) is 1.21. The molecule has 19 heavy (non-hydrogen) atoms. The molecule has 0 amide bonds. The van der Waals surface area contributed by atoms with Crippen LogP contribution in [0.4, 0.5) is 0 Å². The average Bonchev–Trinajstić information content (AvgIpc) is 2.45. The van der Waals surface area contributed by atoms with Crippen LogP contribution in [0.15, 0.2) is 24.8 Å². The molecule has 0 saturated carbocycles. The molecule has 0 saturated heterocycles. The second kappa shape index (κ2) is 5.34. The minimum atomic E-state index is -0.576. The molecule has 2 atom stereocenters. The molecule has 0 N–H and O–H groups in total. The molecule has 0 spiro atoms. The van der Waals surface area contributed by atoms with Gasteiger partial charge in [-0.25, -0.2) is 4.79 Å². The lowest BCUT2D eigenvalue weighted by Gasteiger charge is -2.31. The maximum absolute atomic E-state index is 11.6. The number of methoxy groups -OCH3 is 2. The van der Waals surface area contributed by atoms with Gasteiger partial charge >= 0.3 is 5.97 Å². The maximum atomic E-state index is 11.6. The number of benzene rings is 1. The van der Waals surface area contributed by atoms with E-state index in [1.807, 2.05) is 25.1 Å². The van der Waals surface area contributed by atoms with Gasteiger partial charge < -0.3 is 14.2 Å². The molecule has 1 heterocycles. The Morgan fingerprint density at radius 3 is 2.79 bits per heavy atom. The van der Waals surface area contributed by atoms with Gasteiger partial charge in [-0.15, -0.1) is 6.58 Å². The summed E-state index contributed by atoms with van der Waals surface area (Å²) in [5, 5.41) is 0. The van der Waals surface area contributed by atoms with Gasteiger partial charge in [0.2, 0.25) is 0 Å². The van der Waals surface area contributed by atoms with E-state index in [4.69, 9.17) is 14.2 Å². The third kappa shape index (κ3) is 2.30. The summed E-state index contributed by atoms with van der Waals surface area (Å²) in [6.45, 7) is 5.83. The molecule has 0 bridgehead atoms. The van der Waals surface area contributed by atoms with Gasteiger partial charge in [0.25, 0.3) is 0 Å². The molecular weight excluding hydrogens is 244 g/mol. The Morgan fingerprint density at radius 2 is 2.21 bits per heavy atom. The number of allylic oxidation sites excluding steroid dienone is 1. The highest BCUT2D eigenvalue weighted by Gasteiger charge is 2.33. The molecule has 0 aliphatic carbocycles. The van der Waals surface area contributed by atoms with Gasteiger partial charge in [-0.3, -0.25) is 0 Å². The Kier molecular flexibility index (Phi) is 3.79. The smallest absolute Gasteiger partial charge is 0.347 e. The second-order valence-electron chi connectivity index (χ2n) is 4.51. The molecule has 1 aliphatic rings. The molecule has 0 fully saturated rings. The summed E-state index contributed by atoms with van der Waals surface area (Å²) in [4.78, 5) is 11.6. The quantitative estimate of drug-likeness (QED) is 0.620. The van der Waals surface area contributed by atoms with Crippen molar-refractivity contribution in [2.45, 2.75) is 25.4 Å². The molecule has 1 aromatic rings. The maximum Gasteiger partial charge on any atom is 0.347 e. The molecule has 0 aromatic heterocycles. The molecule has 4 heteroatoms. The highest BCUT2D eigenvalue weighted by molar-refractivity contribution is 5.76. The molecule has 0 radical (unpaired) electrons. The normalized spacial score (nSPS) is 21.0. The van der Waals surface area contributed by atoms with Crippen molar-refractivity contribution >= 4 is 5.97 Å². The zero-order valence-corrected chi connectivity index (χ0v) is 11.4. The highest BCUT2D eigenvalue weighted by atomic mass is 16.6. The summed E-state index contributed by atoms with van der Waals surface area (Å²) in [6.07, 6.45) is 1.80. The van der Waals surface area contributed by atoms with Crippen molar-refractivity contribution in [3.05, 3.63) is 35.9 Å². The third-order valence-corrected chi connectivity index (χ3v) is 3.50. The summed E-state index contributed by atoms with van der Waals surface area (Å²) >= 11 is 0. The van der Waals surface area contributed by atoms with E-state index in [2.05, 4.69) is 6.58 Å². The Bertz CT molecular complexity index is 507. The van der Waals surface area contributed by atoms with E-state index in [0.29, 0.717) is 12.2 Å². The number of rotatable bonds is 3. The van der Waals surface area contributed by atoms with Crippen LogP contribution in [0.5, 0.6) is 11.5 Å². The van der Waals surface area contributed by atoms with E-state index in [1.165, 1.54) is 7.11 Å². The Hall–Kier alpha value is -1.97. The van der Waals surface area contributed by atoms with Crippen molar-refractivity contribution in [2.75, 3.05) is 14.2 Å². The topological polar surface area (TPSA) is 44.8 Å². The Labute approximate surface area is 113 Å². The van der Waals surface area contributed by atoms with Crippen molar-refractivity contribution in [1.82, 2.24) is 0 Å². The van der Waals surface area contributed by atoms with Crippen molar-refractivity contribution in [3.63, 3.8) is 0 Å². The number of hydrogen-bond acceptors (Lipinski definition) is 4. The fraction of sp³-hybridized carbons (Fsp3) is 0.400. The van der Waals surface area contributed by atoms with E-state index in [0.717, 1.165) is 16.9 Å². The van der Waals surface area contributed by atoms with E-state index in [-0.39, 0.29) is 11.9 Å². The van der Waals surface area contributed by atoms with Crippen LogP contribution in [0.1, 0.15) is 23.5 Å². The predicted octanol–water partition coefficient (Wildman–Crippen LogP) is 2.60. The van der Waals surface area contributed by atoms with Crippen LogP contribution in [0.3, 0.4) is 0 Å². The first-order valence-corrected chi connectivity index (χ1v) is 6.16. The number of ether oxygens (including phenoxy) is 3. The first kappa shape index (κ1) is 13.5. The van der Waals surface area contributed by atoms with E-state index < -0.39 is 6.10 Å². The molecule has 2 rings (SSSR count). The lowest BCUT2D eigenvalue weighted by atomic mass is 9.86. The first-order valence-electron chi connectivity index (χ1n) is 6.16. The van der Waals surface area contributed by atoms with E-state index in [9.17, 15) is 4.79 Å². The minimum absolute atomic E-state index is 0.0583. The number of fused-ring (bicyclic) bond motifs is 1. The fourth-order valence-corrected chi connectivity index (χ4v) is 2.51. The lowest BCUT2D eigenvalue weighted by Crippen LogP contribution is -2.34. The SMILES string of the molecule is C=CC1C[C@@H](C(=O)OC)Oc2ccc(OC)c(C)c21. The molecule has 102 valence electrons. The standard InChI is InChI=1S/C15H18O4/c1-5-10-8-13(15(16)18-4)19-12-7-6-11(17-3)9(2)14(10)12/h5-7,10,13H,1,8H2,2-4H3/t10?,13-/m0/s1. The van der Waals surface area contributed by atoms with Gasteiger partial charge in [0.05, 0.1) is 14.2 Å². The van der Waals surface area contributed by atoms with Gasteiger partial charge in [0, 0.05) is 17.9 Å². The van der Waals surface area contributed by atoms with E-state index >= 15 is 0 Å². The van der Waals surface area contributed by atoms with E-state index in [1.54, 1.807) is 7.11 Å². The summed E-state index contributed by atoms with van der Waals surface area (Å²) in [7, 11) is 3.00. The lowest BCUT2D eigenvalue weighted by molar-refractivity contribution is -0.149. The van der Waals surface area contributed by atoms with Crippen molar-refractivity contribution in [2.24, 2.45) is 0 Å². The van der Waals surface area contributed by atoms with Crippen LogP contribution in [-0.2, 0) is 9.53 Å². The monoisotopic (exact) mass is 262 g/mol. The number of esters is 1. The van der Waals surface area contributed by atoms with Gasteiger partial charge in [0.1, 0.15) is 11.5 Å². The van der Waals surface area contributed by atoms with Crippen LogP contribution in [-0.4, -0.2) is 26.3 Å². The number of carbonyl (C=O) groups is 1. The number of carbonyl (C=O) groups excluding carboxylic acids is 1. The Morgan fingerprint density at radius 1 is 1.47 bits per heavy atom. The molecule has 1 unspecified atom stereocenters. The van der Waals surface area contributed by atoms with Crippen LogP contribution < -0.4 is 9.47 Å². The van der Waals surface area contributed by atoms with Crippen LogP contribution in [0, 0.1) is 6.92 Å². The van der Waals surface area contributed by atoms with Gasteiger partial charge in [0.15, 0.2) is 6.10 Å². The second-order valence-corrected chi connectivity index (χ2v) is 4.51. The largest absolute Gasteiger partial charge is 0.496 e. The molecule has 1 aromatic carbocycles. The molecular formula is C15H18O4. The van der Waals surface area contributed by atoms with Gasteiger partial charge in [-0.05, 0) is 24.6 Å². The van der Waals surface area contributed by atoms with Gasteiger partial charge in [-0.1, -0.05) is 6.08 Å². The Balaban J connectivity index is 2.45. The van der Waals surface area contributed by atoms with Crippen LogP contribution in [0.25, 0.3) is 0 Å². The zero-order chi connectivity index (χ0) is 14.0. The van der Waals surface area contributed by atoms with Crippen molar-refractivity contribution in [1.29, 1.82) is 0 Å². The summed E-state index contributed by atoms with van der Waals surface area (Å²) in [5.41, 5.74) is 2.06. The highest BCUT2D eigenvalue weighted by Crippen LogP contribution is 2.42. The third-order valence-electron chi connectivity index (χ3n) is 3.50. The van der Waals surface area contributed by atoms with Crippen molar-refractivity contribution in [3.8, 4) is 11.5 Å². The average molecular weight is 262 g/mol. The van der Waals surface area contributed by atoms with Crippen LogP contribution >= 0.6 is 0 Å². The predicted molar refractivity (Wildman–Crippen MR) is 71.7 cm³/mol. The molecule has 4 nitrogen and oxygen atoms in total. The summed E-state index contributed by atoms with van der Waals surface area (Å²) < 4.78 is 15.8. The van der Waals surface area contributed by atoms with Crippen LogP contribution in [0.2, 0.25) is 0 Å².